The molecule has 0 amide bonds. The van der Waals surface area contributed by atoms with Crippen LogP contribution < -0.4 is 10.1 Å². The Labute approximate surface area is 127 Å². The molecule has 1 aromatic rings. The van der Waals surface area contributed by atoms with Gasteiger partial charge < -0.3 is 15.0 Å². The molecule has 116 valence electrons. The first-order valence-corrected chi connectivity index (χ1v) is 7.57. The predicted molar refractivity (Wildman–Crippen MR) is 85.6 cm³/mol. The number of nitrogens with zero attached hydrogens (tertiary/aromatic N) is 3. The van der Waals surface area contributed by atoms with Gasteiger partial charge in [-0.2, -0.15) is 0 Å². The fourth-order valence-electron chi connectivity index (χ4n) is 2.61. The van der Waals surface area contributed by atoms with E-state index in [2.05, 4.69) is 36.0 Å². The molecule has 0 aliphatic carbocycles. The summed E-state index contributed by atoms with van der Waals surface area (Å²) in [7, 11) is 1.64. The number of aliphatic imine (C=N–C) groups is 1. The van der Waals surface area contributed by atoms with Crippen LogP contribution in [0.5, 0.6) is 5.88 Å². The maximum atomic E-state index is 5.28. The topological polar surface area (TPSA) is 49.8 Å². The van der Waals surface area contributed by atoms with Gasteiger partial charge in [-0.05, 0) is 24.8 Å². The van der Waals surface area contributed by atoms with E-state index in [1.807, 2.05) is 12.1 Å². The number of pyridine rings is 1. The quantitative estimate of drug-likeness (QED) is 0.683. The lowest BCUT2D eigenvalue weighted by atomic mass is 9.93. The summed E-state index contributed by atoms with van der Waals surface area (Å²) in [5.41, 5.74) is 1.37. The number of aromatic nitrogens is 1. The molecule has 1 aromatic heterocycles. The first-order valence-electron chi connectivity index (χ1n) is 7.57. The Bertz CT molecular complexity index is 499. The molecule has 0 bridgehead atoms. The summed E-state index contributed by atoms with van der Waals surface area (Å²) in [5.74, 6) is 1.63. The third kappa shape index (κ3) is 4.09. The van der Waals surface area contributed by atoms with Crippen molar-refractivity contribution in [2.45, 2.75) is 33.7 Å². The molecule has 0 spiro atoms. The van der Waals surface area contributed by atoms with Crippen LogP contribution in [-0.2, 0) is 6.54 Å². The SMILES string of the molecule is CCNC(=NCc1cccnc1OC)N1CCC(C)(C)C1. The minimum atomic E-state index is 0.363. The standard InChI is InChI=1S/C16H26N4O/c1-5-17-15(20-10-8-16(2,3)12-20)19-11-13-7-6-9-18-14(13)21-4/h6-7,9H,5,8,10-12H2,1-4H3,(H,17,19). The maximum absolute atomic E-state index is 5.28. The highest BCUT2D eigenvalue weighted by Crippen LogP contribution is 2.28. The van der Waals surface area contributed by atoms with Crippen LogP contribution in [-0.4, -0.2) is 42.6 Å². The van der Waals surface area contributed by atoms with Gasteiger partial charge in [-0.1, -0.05) is 19.9 Å². The summed E-state index contributed by atoms with van der Waals surface area (Å²) in [4.78, 5) is 11.3. The van der Waals surface area contributed by atoms with Gasteiger partial charge >= 0.3 is 0 Å². The molecule has 1 fully saturated rings. The monoisotopic (exact) mass is 290 g/mol. The van der Waals surface area contributed by atoms with Gasteiger partial charge in [0.25, 0.3) is 0 Å². The minimum Gasteiger partial charge on any atom is -0.481 e. The summed E-state index contributed by atoms with van der Waals surface area (Å²) in [6.45, 7) is 10.3. The number of guanidine groups is 1. The van der Waals surface area contributed by atoms with E-state index in [4.69, 9.17) is 9.73 Å². The number of methoxy groups -OCH3 is 1. The number of ether oxygens (including phenoxy) is 1. The summed E-state index contributed by atoms with van der Waals surface area (Å²) in [5, 5.41) is 3.38. The lowest BCUT2D eigenvalue weighted by Crippen LogP contribution is -2.40. The first kappa shape index (κ1) is 15.6. The zero-order chi connectivity index (χ0) is 15.3. The molecule has 1 saturated heterocycles. The number of nitrogens with one attached hydrogen (secondary N) is 1. The van der Waals surface area contributed by atoms with E-state index in [9.17, 15) is 0 Å². The Balaban J connectivity index is 2.11. The molecule has 0 radical (unpaired) electrons. The van der Waals surface area contributed by atoms with E-state index in [1.165, 1.54) is 6.42 Å². The molecule has 0 unspecified atom stereocenters. The zero-order valence-electron chi connectivity index (χ0n) is 13.5. The lowest BCUT2D eigenvalue weighted by molar-refractivity contribution is 0.369. The average molecular weight is 290 g/mol. The van der Waals surface area contributed by atoms with Crippen molar-refractivity contribution in [1.82, 2.24) is 15.2 Å². The van der Waals surface area contributed by atoms with E-state index in [1.54, 1.807) is 13.3 Å². The molecule has 0 aromatic carbocycles. The number of rotatable bonds is 4. The number of hydrogen-bond acceptors (Lipinski definition) is 3. The van der Waals surface area contributed by atoms with Crippen molar-refractivity contribution >= 4 is 5.96 Å². The molecule has 2 rings (SSSR count). The van der Waals surface area contributed by atoms with Crippen LogP contribution in [0.4, 0.5) is 0 Å². The van der Waals surface area contributed by atoms with Crippen LogP contribution >= 0.6 is 0 Å². The van der Waals surface area contributed by atoms with Crippen molar-refractivity contribution in [2.24, 2.45) is 10.4 Å². The summed E-state index contributed by atoms with van der Waals surface area (Å²) >= 11 is 0. The van der Waals surface area contributed by atoms with Crippen molar-refractivity contribution < 1.29 is 4.74 Å². The van der Waals surface area contributed by atoms with E-state index in [0.29, 0.717) is 17.8 Å². The molecule has 5 nitrogen and oxygen atoms in total. The highest BCUT2D eigenvalue weighted by Gasteiger charge is 2.30. The van der Waals surface area contributed by atoms with E-state index in [-0.39, 0.29) is 0 Å². The Hall–Kier alpha value is -1.78. The van der Waals surface area contributed by atoms with Crippen LogP contribution in [0.1, 0.15) is 32.8 Å². The maximum Gasteiger partial charge on any atom is 0.218 e. The number of likely N-dealkylation sites (tertiary alicyclic amines) is 1. The van der Waals surface area contributed by atoms with E-state index in [0.717, 1.165) is 31.2 Å². The first-order chi connectivity index (χ1) is 10.1. The van der Waals surface area contributed by atoms with Gasteiger partial charge in [0.05, 0.1) is 13.7 Å². The minimum absolute atomic E-state index is 0.363. The Morgan fingerprint density at radius 1 is 1.52 bits per heavy atom. The fourth-order valence-corrected chi connectivity index (χ4v) is 2.61. The van der Waals surface area contributed by atoms with Crippen LogP contribution in [0.25, 0.3) is 0 Å². The molecule has 1 aliphatic heterocycles. The van der Waals surface area contributed by atoms with Crippen LogP contribution in [0.15, 0.2) is 23.3 Å². The molecule has 2 heterocycles. The zero-order valence-corrected chi connectivity index (χ0v) is 13.5. The van der Waals surface area contributed by atoms with Crippen molar-refractivity contribution in [3.05, 3.63) is 23.9 Å². The lowest BCUT2D eigenvalue weighted by Gasteiger charge is -2.23. The van der Waals surface area contributed by atoms with E-state index >= 15 is 0 Å². The molecular formula is C16H26N4O. The van der Waals surface area contributed by atoms with Crippen molar-refractivity contribution in [1.29, 1.82) is 0 Å². The van der Waals surface area contributed by atoms with Gasteiger partial charge in [0.2, 0.25) is 5.88 Å². The second kappa shape index (κ2) is 6.78. The van der Waals surface area contributed by atoms with Crippen LogP contribution in [0.2, 0.25) is 0 Å². The molecule has 21 heavy (non-hydrogen) atoms. The Morgan fingerprint density at radius 3 is 2.95 bits per heavy atom. The molecule has 0 atom stereocenters. The van der Waals surface area contributed by atoms with Gasteiger partial charge in [-0.15, -0.1) is 0 Å². The van der Waals surface area contributed by atoms with Crippen molar-refractivity contribution in [3.63, 3.8) is 0 Å². The van der Waals surface area contributed by atoms with Gasteiger partial charge in [-0.25, -0.2) is 9.98 Å². The highest BCUT2D eigenvalue weighted by molar-refractivity contribution is 5.80. The van der Waals surface area contributed by atoms with Crippen molar-refractivity contribution in [2.75, 3.05) is 26.7 Å². The third-order valence-corrected chi connectivity index (χ3v) is 3.75. The highest BCUT2D eigenvalue weighted by atomic mass is 16.5. The molecule has 0 saturated carbocycles. The van der Waals surface area contributed by atoms with Gasteiger partial charge in [0.15, 0.2) is 5.96 Å². The third-order valence-electron chi connectivity index (χ3n) is 3.75. The van der Waals surface area contributed by atoms with Crippen LogP contribution in [0.3, 0.4) is 0 Å². The summed E-state index contributed by atoms with van der Waals surface area (Å²) in [6, 6.07) is 3.92. The van der Waals surface area contributed by atoms with Gasteiger partial charge in [0, 0.05) is 31.4 Å². The normalized spacial score (nSPS) is 17.9. The Kier molecular flexibility index (Phi) is 5.04. The molecule has 1 N–H and O–H groups in total. The largest absolute Gasteiger partial charge is 0.481 e. The predicted octanol–water partition coefficient (Wildman–Crippen LogP) is 2.29. The van der Waals surface area contributed by atoms with Gasteiger partial charge in [-0.3, -0.25) is 0 Å². The second-order valence-electron chi connectivity index (χ2n) is 6.18. The second-order valence-corrected chi connectivity index (χ2v) is 6.18. The molecule has 5 heteroatoms. The van der Waals surface area contributed by atoms with E-state index < -0.39 is 0 Å². The average Bonchev–Trinajstić information content (AvgIpc) is 2.84. The van der Waals surface area contributed by atoms with Gasteiger partial charge in [0.1, 0.15) is 0 Å². The molecular weight excluding hydrogens is 264 g/mol. The fraction of sp³-hybridized carbons (Fsp3) is 0.625. The van der Waals surface area contributed by atoms with Crippen LogP contribution in [0, 0.1) is 5.41 Å². The van der Waals surface area contributed by atoms with Crippen molar-refractivity contribution in [3.8, 4) is 5.88 Å². The number of hydrogen-bond donors (Lipinski definition) is 1. The molecule has 1 aliphatic rings. The smallest absolute Gasteiger partial charge is 0.218 e. The Morgan fingerprint density at radius 2 is 2.33 bits per heavy atom. The summed E-state index contributed by atoms with van der Waals surface area (Å²) in [6.07, 6.45) is 2.94. The summed E-state index contributed by atoms with van der Waals surface area (Å²) < 4.78 is 5.28.